The first kappa shape index (κ1) is 15.2. The van der Waals surface area contributed by atoms with Crippen molar-refractivity contribution in [1.82, 2.24) is 4.90 Å². The highest BCUT2D eigenvalue weighted by atomic mass is 16.5. The number of nitrogens with two attached hydrogens (primary N) is 1. The third-order valence-corrected chi connectivity index (χ3v) is 4.82. The highest BCUT2D eigenvalue weighted by Gasteiger charge is 2.42. The number of hydrogen-bond acceptors (Lipinski definition) is 4. The van der Waals surface area contributed by atoms with E-state index in [0.717, 1.165) is 52.1 Å². The lowest BCUT2D eigenvalue weighted by atomic mass is 9.82. The van der Waals surface area contributed by atoms with E-state index in [9.17, 15) is 0 Å². The Bertz CT molecular complexity index is 273. The summed E-state index contributed by atoms with van der Waals surface area (Å²) in [4.78, 5) is 2.60. The van der Waals surface area contributed by atoms with E-state index in [1.54, 1.807) is 0 Å². The summed E-state index contributed by atoms with van der Waals surface area (Å²) in [5.41, 5.74) is 6.31. The molecule has 4 heteroatoms. The Hall–Kier alpha value is -0.160. The summed E-state index contributed by atoms with van der Waals surface area (Å²) in [6, 6.07) is 0. The Morgan fingerprint density at radius 3 is 2.95 bits per heavy atom. The molecule has 2 saturated heterocycles. The molecule has 0 aromatic carbocycles. The van der Waals surface area contributed by atoms with Crippen molar-refractivity contribution < 1.29 is 9.47 Å². The van der Waals surface area contributed by atoms with Gasteiger partial charge in [-0.2, -0.15) is 0 Å². The van der Waals surface area contributed by atoms with Gasteiger partial charge in [0.1, 0.15) is 0 Å². The normalized spacial score (nSPS) is 37.4. The maximum atomic E-state index is 6.17. The first-order chi connectivity index (χ1) is 9.24. The maximum absolute atomic E-state index is 6.17. The van der Waals surface area contributed by atoms with Gasteiger partial charge in [-0.15, -0.1) is 0 Å². The van der Waals surface area contributed by atoms with Crippen LogP contribution in [0.2, 0.25) is 0 Å². The number of piperidine rings is 1. The van der Waals surface area contributed by atoms with E-state index in [2.05, 4.69) is 18.7 Å². The smallest absolute Gasteiger partial charge is 0.0702 e. The number of rotatable bonds is 5. The van der Waals surface area contributed by atoms with Crippen molar-refractivity contribution in [1.29, 1.82) is 0 Å². The monoisotopic (exact) mass is 270 g/mol. The molecule has 2 aliphatic rings. The largest absolute Gasteiger partial charge is 0.378 e. The summed E-state index contributed by atoms with van der Waals surface area (Å²) in [7, 11) is 0. The van der Waals surface area contributed by atoms with Crippen LogP contribution < -0.4 is 5.73 Å². The van der Waals surface area contributed by atoms with Gasteiger partial charge in [0, 0.05) is 31.8 Å². The predicted octanol–water partition coefficient (Wildman–Crippen LogP) is 1.77. The quantitative estimate of drug-likeness (QED) is 0.827. The Labute approximate surface area is 117 Å². The van der Waals surface area contributed by atoms with Crippen LogP contribution in [0.4, 0.5) is 0 Å². The van der Waals surface area contributed by atoms with Gasteiger partial charge in [-0.1, -0.05) is 6.92 Å². The van der Waals surface area contributed by atoms with Crippen molar-refractivity contribution in [3.8, 4) is 0 Å². The molecule has 3 unspecified atom stereocenters. The summed E-state index contributed by atoms with van der Waals surface area (Å²) in [6.45, 7) is 8.90. The minimum atomic E-state index is 0.148. The zero-order valence-corrected chi connectivity index (χ0v) is 12.6. The van der Waals surface area contributed by atoms with Crippen LogP contribution in [0.25, 0.3) is 0 Å². The molecule has 2 N–H and O–H groups in total. The molecule has 4 nitrogen and oxygen atoms in total. The molecule has 0 saturated carbocycles. The molecule has 19 heavy (non-hydrogen) atoms. The van der Waals surface area contributed by atoms with Crippen molar-refractivity contribution in [3.05, 3.63) is 0 Å². The molecule has 112 valence electrons. The van der Waals surface area contributed by atoms with Crippen LogP contribution in [0.1, 0.15) is 46.0 Å². The van der Waals surface area contributed by atoms with Gasteiger partial charge in [0.25, 0.3) is 0 Å². The van der Waals surface area contributed by atoms with Gasteiger partial charge >= 0.3 is 0 Å². The zero-order valence-electron chi connectivity index (χ0n) is 12.6. The second-order valence-corrected chi connectivity index (χ2v) is 5.95. The molecule has 0 aromatic rings. The van der Waals surface area contributed by atoms with Gasteiger partial charge in [0.2, 0.25) is 0 Å². The number of nitrogens with zero attached hydrogens (tertiary/aromatic N) is 1. The van der Waals surface area contributed by atoms with Crippen LogP contribution in [-0.4, -0.2) is 55.5 Å². The Morgan fingerprint density at radius 2 is 2.26 bits per heavy atom. The second-order valence-electron chi connectivity index (χ2n) is 5.95. The van der Waals surface area contributed by atoms with Crippen LogP contribution in [0.15, 0.2) is 0 Å². The van der Waals surface area contributed by atoms with E-state index in [0.29, 0.717) is 12.2 Å². The fourth-order valence-corrected chi connectivity index (χ4v) is 3.61. The van der Waals surface area contributed by atoms with Gasteiger partial charge in [-0.25, -0.2) is 0 Å². The molecule has 2 fully saturated rings. The first-order valence-electron chi connectivity index (χ1n) is 7.92. The SMILES string of the molecule is CCOC1CCCN(C2(CN)CCOC(CC)C2)C1. The van der Waals surface area contributed by atoms with E-state index < -0.39 is 0 Å². The maximum Gasteiger partial charge on any atom is 0.0702 e. The van der Waals surface area contributed by atoms with Gasteiger partial charge in [0.05, 0.1) is 12.2 Å². The molecule has 2 aliphatic heterocycles. The molecule has 3 atom stereocenters. The molecular weight excluding hydrogens is 240 g/mol. The van der Waals surface area contributed by atoms with Crippen molar-refractivity contribution in [2.45, 2.75) is 63.7 Å². The Morgan fingerprint density at radius 1 is 1.42 bits per heavy atom. The lowest BCUT2D eigenvalue weighted by Crippen LogP contribution is -2.61. The predicted molar refractivity (Wildman–Crippen MR) is 77.3 cm³/mol. The number of ether oxygens (including phenoxy) is 2. The number of hydrogen-bond donors (Lipinski definition) is 1. The van der Waals surface area contributed by atoms with Crippen LogP contribution in [0, 0.1) is 0 Å². The molecule has 0 spiro atoms. The van der Waals surface area contributed by atoms with Crippen LogP contribution in [-0.2, 0) is 9.47 Å². The Kier molecular flexibility index (Phi) is 5.63. The molecule has 0 aromatic heterocycles. The van der Waals surface area contributed by atoms with Gasteiger partial charge < -0.3 is 15.2 Å². The summed E-state index contributed by atoms with van der Waals surface area (Å²) in [5.74, 6) is 0. The third-order valence-electron chi connectivity index (χ3n) is 4.82. The summed E-state index contributed by atoms with van der Waals surface area (Å²) in [6.07, 6.45) is 6.43. The molecular formula is C15H30N2O2. The van der Waals surface area contributed by atoms with Gasteiger partial charge in [-0.3, -0.25) is 4.90 Å². The fraction of sp³-hybridized carbons (Fsp3) is 1.00. The highest BCUT2D eigenvalue weighted by molar-refractivity contribution is 4.98. The summed E-state index contributed by atoms with van der Waals surface area (Å²) >= 11 is 0. The lowest BCUT2D eigenvalue weighted by Gasteiger charge is -2.50. The second kappa shape index (κ2) is 7.02. The molecule has 2 heterocycles. The topological polar surface area (TPSA) is 47.7 Å². The van der Waals surface area contributed by atoms with Gasteiger partial charge in [0.15, 0.2) is 0 Å². The molecule has 0 aliphatic carbocycles. The van der Waals surface area contributed by atoms with Crippen LogP contribution in [0.5, 0.6) is 0 Å². The molecule has 2 rings (SSSR count). The highest BCUT2D eigenvalue weighted by Crippen LogP contribution is 2.33. The summed E-state index contributed by atoms with van der Waals surface area (Å²) < 4.78 is 11.7. The fourth-order valence-electron chi connectivity index (χ4n) is 3.61. The van der Waals surface area contributed by atoms with E-state index in [-0.39, 0.29) is 5.54 Å². The van der Waals surface area contributed by atoms with Crippen LogP contribution >= 0.6 is 0 Å². The van der Waals surface area contributed by atoms with E-state index in [4.69, 9.17) is 15.2 Å². The van der Waals surface area contributed by atoms with E-state index in [1.807, 2.05) is 0 Å². The Balaban J connectivity index is 2.02. The average molecular weight is 270 g/mol. The third kappa shape index (κ3) is 3.48. The van der Waals surface area contributed by atoms with Crippen LogP contribution in [0.3, 0.4) is 0 Å². The first-order valence-corrected chi connectivity index (χ1v) is 7.92. The zero-order chi connectivity index (χ0) is 13.7. The van der Waals surface area contributed by atoms with E-state index in [1.165, 1.54) is 12.8 Å². The molecule has 0 radical (unpaired) electrons. The number of likely N-dealkylation sites (tertiary alicyclic amines) is 1. The minimum Gasteiger partial charge on any atom is -0.378 e. The van der Waals surface area contributed by atoms with Crippen molar-refractivity contribution >= 4 is 0 Å². The van der Waals surface area contributed by atoms with Crippen molar-refractivity contribution in [2.75, 3.05) is 32.8 Å². The van der Waals surface area contributed by atoms with Crippen molar-refractivity contribution in [3.63, 3.8) is 0 Å². The standard InChI is InChI=1S/C15H30N2O2/c1-3-13-10-15(12-16,7-9-19-13)17-8-5-6-14(11-17)18-4-2/h13-14H,3-12,16H2,1-2H3. The van der Waals surface area contributed by atoms with E-state index >= 15 is 0 Å². The molecule has 0 amide bonds. The minimum absolute atomic E-state index is 0.148. The lowest BCUT2D eigenvalue weighted by molar-refractivity contribution is -0.0979. The molecule has 0 bridgehead atoms. The average Bonchev–Trinajstić information content (AvgIpc) is 2.48. The van der Waals surface area contributed by atoms with Gasteiger partial charge in [-0.05, 0) is 45.6 Å². The van der Waals surface area contributed by atoms with Crippen molar-refractivity contribution in [2.24, 2.45) is 5.73 Å². The summed E-state index contributed by atoms with van der Waals surface area (Å²) in [5, 5.41) is 0.